The van der Waals surface area contributed by atoms with Crippen molar-refractivity contribution in [1.29, 1.82) is 0 Å². The van der Waals surface area contributed by atoms with E-state index in [2.05, 4.69) is 15.8 Å². The van der Waals surface area contributed by atoms with E-state index in [9.17, 15) is 18.0 Å². The second-order valence-corrected chi connectivity index (χ2v) is 10.0. The highest BCUT2D eigenvalue weighted by Crippen LogP contribution is 2.35. The number of halogens is 2. The van der Waals surface area contributed by atoms with Gasteiger partial charge in [-0.15, -0.1) is 0 Å². The Morgan fingerprint density at radius 2 is 1.63 bits per heavy atom. The summed E-state index contributed by atoms with van der Waals surface area (Å²) in [6, 6.07) is 19.1. The third-order valence-electron chi connectivity index (χ3n) is 4.77. The van der Waals surface area contributed by atoms with E-state index in [1.54, 1.807) is 55.5 Å². The molecule has 0 saturated carbocycles. The molecule has 0 aromatic heterocycles. The zero-order chi connectivity index (χ0) is 25.6. The molecule has 3 aromatic carbocycles. The van der Waals surface area contributed by atoms with Crippen LogP contribution in [0.15, 0.2) is 82.8 Å². The Morgan fingerprint density at radius 1 is 0.943 bits per heavy atom. The zero-order valence-electron chi connectivity index (χ0n) is 18.8. The van der Waals surface area contributed by atoms with Gasteiger partial charge in [-0.1, -0.05) is 59.6 Å². The molecule has 182 valence electrons. The molecule has 0 fully saturated rings. The zero-order valence-corrected chi connectivity index (χ0v) is 21.2. The Hall–Kier alpha value is -3.40. The minimum Gasteiger partial charge on any atom is -0.326 e. The highest BCUT2D eigenvalue weighted by atomic mass is 35.5. The van der Waals surface area contributed by atoms with Gasteiger partial charge in [0.1, 0.15) is 6.54 Å². The van der Waals surface area contributed by atoms with E-state index in [1.165, 1.54) is 31.2 Å². The number of carbonyl (C=O) groups excluding carboxylic acids is 2. The summed E-state index contributed by atoms with van der Waals surface area (Å²) < 4.78 is 27.7. The smallest absolute Gasteiger partial charge is 0.264 e. The maximum Gasteiger partial charge on any atom is 0.264 e. The molecule has 0 spiro atoms. The summed E-state index contributed by atoms with van der Waals surface area (Å²) in [5, 5.41) is 6.89. The third-order valence-corrected chi connectivity index (χ3v) is 7.35. The van der Waals surface area contributed by atoms with Crippen molar-refractivity contribution in [3.63, 3.8) is 0 Å². The minimum atomic E-state index is -4.16. The summed E-state index contributed by atoms with van der Waals surface area (Å²) >= 11 is 12.4. The van der Waals surface area contributed by atoms with E-state index in [4.69, 9.17) is 23.2 Å². The number of carbonyl (C=O) groups is 2. The fraction of sp³-hybridized carbons (Fsp3) is 0.125. The minimum absolute atomic E-state index is 0.00376. The fourth-order valence-corrected chi connectivity index (χ4v) is 5.01. The average molecular weight is 533 g/mol. The summed E-state index contributed by atoms with van der Waals surface area (Å²) in [7, 11) is -4.16. The van der Waals surface area contributed by atoms with Crippen LogP contribution in [0.3, 0.4) is 0 Å². The van der Waals surface area contributed by atoms with Gasteiger partial charge in [0.2, 0.25) is 5.91 Å². The lowest BCUT2D eigenvalue weighted by molar-refractivity contribution is -0.119. The van der Waals surface area contributed by atoms with Crippen LogP contribution in [-0.2, 0) is 19.6 Å². The topological polar surface area (TPSA) is 108 Å². The van der Waals surface area contributed by atoms with Crippen molar-refractivity contribution < 1.29 is 18.0 Å². The highest BCUT2D eigenvalue weighted by Gasteiger charge is 2.29. The number of benzene rings is 3. The fourth-order valence-electron chi connectivity index (χ4n) is 3.11. The van der Waals surface area contributed by atoms with Crippen LogP contribution < -0.4 is 15.0 Å². The van der Waals surface area contributed by atoms with E-state index >= 15 is 0 Å². The Labute approximate surface area is 213 Å². The molecule has 35 heavy (non-hydrogen) atoms. The molecule has 0 unspecified atom stereocenters. The maximum atomic E-state index is 13.4. The predicted molar refractivity (Wildman–Crippen MR) is 139 cm³/mol. The van der Waals surface area contributed by atoms with Crippen molar-refractivity contribution in [1.82, 2.24) is 5.43 Å². The largest absolute Gasteiger partial charge is 0.326 e. The number of rotatable bonds is 8. The van der Waals surface area contributed by atoms with Crippen molar-refractivity contribution >= 4 is 62.1 Å². The van der Waals surface area contributed by atoms with Crippen LogP contribution >= 0.6 is 23.2 Å². The van der Waals surface area contributed by atoms with Crippen molar-refractivity contribution in [3.05, 3.63) is 88.4 Å². The summed E-state index contributed by atoms with van der Waals surface area (Å²) in [5.41, 5.74) is 4.12. The second kappa shape index (κ2) is 11.4. The van der Waals surface area contributed by atoms with Crippen molar-refractivity contribution in [2.45, 2.75) is 18.7 Å². The summed E-state index contributed by atoms with van der Waals surface area (Å²) in [6.07, 6.45) is 0. The number of hydrazone groups is 1. The highest BCUT2D eigenvalue weighted by molar-refractivity contribution is 7.92. The molecule has 3 rings (SSSR count). The molecule has 0 aliphatic carbocycles. The second-order valence-electron chi connectivity index (χ2n) is 7.39. The summed E-state index contributed by atoms with van der Waals surface area (Å²) in [4.78, 5) is 24.1. The molecule has 0 heterocycles. The van der Waals surface area contributed by atoms with E-state index in [0.717, 1.165) is 4.31 Å². The first-order chi connectivity index (χ1) is 16.6. The van der Waals surface area contributed by atoms with E-state index in [0.29, 0.717) is 17.0 Å². The van der Waals surface area contributed by atoms with Crippen LogP contribution in [0.5, 0.6) is 0 Å². The maximum absolute atomic E-state index is 13.4. The number of sulfonamides is 1. The first kappa shape index (κ1) is 26.2. The quantitative estimate of drug-likeness (QED) is 0.324. The first-order valence-electron chi connectivity index (χ1n) is 10.3. The molecule has 0 aliphatic rings. The van der Waals surface area contributed by atoms with Crippen LogP contribution in [0.1, 0.15) is 19.4 Å². The lowest BCUT2D eigenvalue weighted by Gasteiger charge is -2.25. The van der Waals surface area contributed by atoms with E-state index < -0.39 is 22.5 Å². The molecule has 0 aliphatic heterocycles. The first-order valence-corrected chi connectivity index (χ1v) is 12.5. The Bertz CT molecular complexity index is 1380. The van der Waals surface area contributed by atoms with Gasteiger partial charge in [0.05, 0.1) is 26.3 Å². The number of nitrogens with zero attached hydrogens (tertiary/aromatic N) is 2. The van der Waals surface area contributed by atoms with Crippen LogP contribution in [0, 0.1) is 0 Å². The number of nitrogens with one attached hydrogen (secondary N) is 2. The molecule has 3 aromatic rings. The molecule has 8 nitrogen and oxygen atoms in total. The normalized spacial score (nSPS) is 11.6. The predicted octanol–water partition coefficient (Wildman–Crippen LogP) is 4.69. The Morgan fingerprint density at radius 3 is 2.31 bits per heavy atom. The van der Waals surface area contributed by atoms with Gasteiger partial charge in [-0.2, -0.15) is 5.10 Å². The van der Waals surface area contributed by atoms with Gasteiger partial charge in [0, 0.05) is 12.6 Å². The van der Waals surface area contributed by atoms with E-state index in [1.807, 2.05) is 0 Å². The Balaban J connectivity index is 1.87. The van der Waals surface area contributed by atoms with E-state index in [-0.39, 0.29) is 26.5 Å². The van der Waals surface area contributed by atoms with Gasteiger partial charge in [-0.3, -0.25) is 13.9 Å². The molecule has 0 radical (unpaired) electrons. The van der Waals surface area contributed by atoms with Crippen LogP contribution in [-0.4, -0.2) is 32.5 Å². The molecule has 0 saturated heterocycles. The SMILES string of the molecule is CC(=O)Nc1cccc(/C(C)=N\NC(=O)CN(c2cccc(Cl)c2Cl)S(=O)(=O)c2ccccc2)c1. The molecule has 2 amide bonds. The van der Waals surface area contributed by atoms with Crippen LogP contribution in [0.4, 0.5) is 11.4 Å². The molecular formula is C24H22Cl2N4O4S. The molecule has 11 heteroatoms. The average Bonchev–Trinajstić information content (AvgIpc) is 2.83. The molecule has 0 bridgehead atoms. The standard InChI is InChI=1S/C24H22Cl2N4O4S/c1-16(18-8-6-9-19(14-18)27-17(2)31)28-29-23(32)15-30(22-13-7-12-21(25)24(22)26)35(33,34)20-10-4-3-5-11-20/h3-14H,15H2,1-2H3,(H,27,31)(H,29,32)/b28-16-. The number of hydrogen-bond acceptors (Lipinski definition) is 5. The van der Waals surface area contributed by atoms with Crippen LogP contribution in [0.2, 0.25) is 10.0 Å². The van der Waals surface area contributed by atoms with Gasteiger partial charge in [0.25, 0.3) is 15.9 Å². The monoisotopic (exact) mass is 532 g/mol. The van der Waals surface area contributed by atoms with Crippen molar-refractivity contribution in [2.75, 3.05) is 16.2 Å². The van der Waals surface area contributed by atoms with Crippen LogP contribution in [0.25, 0.3) is 0 Å². The van der Waals surface area contributed by atoms with Gasteiger partial charge in [0.15, 0.2) is 0 Å². The summed E-state index contributed by atoms with van der Waals surface area (Å²) in [6.45, 7) is 2.47. The third kappa shape index (κ3) is 6.60. The number of hydrogen-bond donors (Lipinski definition) is 2. The molecule has 0 atom stereocenters. The van der Waals surface area contributed by atoms with Gasteiger partial charge in [-0.25, -0.2) is 13.8 Å². The Kier molecular flexibility index (Phi) is 8.50. The lowest BCUT2D eigenvalue weighted by Crippen LogP contribution is -2.40. The molecule has 2 N–H and O–H groups in total. The summed E-state index contributed by atoms with van der Waals surface area (Å²) in [5.74, 6) is -0.914. The van der Waals surface area contributed by atoms with Crippen molar-refractivity contribution in [2.24, 2.45) is 5.10 Å². The molecular weight excluding hydrogens is 511 g/mol. The van der Waals surface area contributed by atoms with Gasteiger partial charge < -0.3 is 5.32 Å². The number of amides is 2. The lowest BCUT2D eigenvalue weighted by atomic mass is 10.1. The van der Waals surface area contributed by atoms with Gasteiger partial charge >= 0.3 is 0 Å². The van der Waals surface area contributed by atoms with Gasteiger partial charge in [-0.05, 0) is 48.9 Å². The number of anilines is 2. The van der Waals surface area contributed by atoms with Crippen molar-refractivity contribution in [3.8, 4) is 0 Å².